The summed E-state index contributed by atoms with van der Waals surface area (Å²) >= 11 is 0. The van der Waals surface area contributed by atoms with Crippen LogP contribution in [0.3, 0.4) is 0 Å². The van der Waals surface area contributed by atoms with Crippen LogP contribution in [0.25, 0.3) is 0 Å². The highest BCUT2D eigenvalue weighted by Gasteiger charge is 2.50. The molecule has 1 aliphatic carbocycles. The van der Waals surface area contributed by atoms with Gasteiger partial charge >= 0.3 is 12.1 Å². The van der Waals surface area contributed by atoms with E-state index >= 15 is 0 Å². The number of nitrogens with zero attached hydrogens (tertiary/aromatic N) is 2. The van der Waals surface area contributed by atoms with Crippen molar-refractivity contribution in [1.82, 2.24) is 9.80 Å². The van der Waals surface area contributed by atoms with Crippen LogP contribution in [-0.2, 0) is 23.9 Å². The fraction of sp³-hybridized carbons (Fsp3) is 0.680. The van der Waals surface area contributed by atoms with Gasteiger partial charge < -0.3 is 14.9 Å². The summed E-state index contributed by atoms with van der Waals surface area (Å²) in [6, 6.07) is 2.12. The van der Waals surface area contributed by atoms with Gasteiger partial charge in [-0.05, 0) is 80.8 Å². The zero-order valence-corrected chi connectivity index (χ0v) is 19.4. The Kier molecular flexibility index (Phi) is 6.51. The van der Waals surface area contributed by atoms with Gasteiger partial charge in [-0.3, -0.25) is 4.79 Å². The van der Waals surface area contributed by atoms with Crippen LogP contribution in [-0.4, -0.2) is 52.5 Å². The number of benzene rings is 1. The Morgan fingerprint density at radius 2 is 1.82 bits per heavy atom. The second-order valence-corrected chi connectivity index (χ2v) is 10.2. The predicted octanol–water partition coefficient (Wildman–Crippen LogP) is 4.97. The molecule has 2 heterocycles. The maximum atomic E-state index is 13.9. The van der Waals surface area contributed by atoms with E-state index in [0.717, 1.165) is 38.4 Å². The fourth-order valence-corrected chi connectivity index (χ4v) is 6.15. The number of aromatic carboxylic acids is 1. The molecule has 182 valence electrons. The zero-order chi connectivity index (χ0) is 24.0. The highest BCUT2D eigenvalue weighted by molar-refractivity contribution is 5.91. The Balaban J connectivity index is 1.59. The van der Waals surface area contributed by atoms with Crippen molar-refractivity contribution in [3.63, 3.8) is 0 Å². The van der Waals surface area contributed by atoms with Crippen LogP contribution >= 0.6 is 0 Å². The number of hydrogen-bond donors (Lipinski definition) is 1. The molecule has 1 amide bonds. The summed E-state index contributed by atoms with van der Waals surface area (Å²) in [5.74, 6) is -1.23. The number of carbonyl (C=O) groups is 2. The number of halogens is 3. The third kappa shape index (κ3) is 4.51. The molecule has 0 radical (unpaired) electrons. The molecule has 0 aromatic heterocycles. The highest BCUT2D eigenvalue weighted by Crippen LogP contribution is 2.48. The molecule has 8 heteroatoms. The monoisotopic (exact) mass is 466 g/mol. The fourth-order valence-electron chi connectivity index (χ4n) is 6.15. The number of fused-ring (bicyclic) bond motifs is 1. The van der Waals surface area contributed by atoms with Crippen LogP contribution in [0.1, 0.15) is 79.4 Å². The van der Waals surface area contributed by atoms with E-state index in [1.807, 2.05) is 0 Å². The molecule has 33 heavy (non-hydrogen) atoms. The lowest BCUT2D eigenvalue weighted by Gasteiger charge is -2.41. The van der Waals surface area contributed by atoms with Crippen molar-refractivity contribution < 1.29 is 27.9 Å². The molecule has 0 unspecified atom stereocenters. The van der Waals surface area contributed by atoms with E-state index in [1.54, 1.807) is 4.90 Å². The molecule has 1 aromatic rings. The van der Waals surface area contributed by atoms with Gasteiger partial charge in [-0.25, -0.2) is 4.79 Å². The smallest absolute Gasteiger partial charge is 0.416 e. The highest BCUT2D eigenvalue weighted by atomic mass is 19.4. The normalized spacial score (nSPS) is 26.5. The molecule has 2 fully saturated rings. The number of likely N-dealkylation sites (tertiary alicyclic amines) is 1. The zero-order valence-electron chi connectivity index (χ0n) is 19.4. The van der Waals surface area contributed by atoms with E-state index in [2.05, 4.69) is 18.7 Å². The van der Waals surface area contributed by atoms with Gasteiger partial charge in [0, 0.05) is 19.1 Å². The first-order valence-corrected chi connectivity index (χ1v) is 12.0. The molecule has 2 atom stereocenters. The third-order valence-electron chi connectivity index (χ3n) is 8.14. The van der Waals surface area contributed by atoms with Gasteiger partial charge in [-0.1, -0.05) is 20.3 Å². The molecule has 5 nitrogen and oxygen atoms in total. The molecular weight excluding hydrogens is 433 g/mol. The number of hydrogen-bond acceptors (Lipinski definition) is 3. The van der Waals surface area contributed by atoms with Crippen molar-refractivity contribution in [1.29, 1.82) is 0 Å². The van der Waals surface area contributed by atoms with Gasteiger partial charge in [0.2, 0.25) is 5.91 Å². The summed E-state index contributed by atoms with van der Waals surface area (Å²) < 4.78 is 40.2. The van der Waals surface area contributed by atoms with Gasteiger partial charge in [0.15, 0.2) is 0 Å². The number of carboxylic acid groups (broad SMARTS) is 1. The standard InChI is InChI=1S/C25H33F3N2O3/c1-16(2)24(8-6-19(14-24)29-9-4-3-5-10-29)23(33)30-11-7-20-17(15-30)12-18(25(26,27)28)13-21(20)22(31)32/h12-13,16,19H,3-11,14-15H2,1-2H3,(H,31,32)/t19-,24+/m1/s1. The lowest BCUT2D eigenvalue weighted by atomic mass is 9.73. The molecule has 3 aliphatic rings. The summed E-state index contributed by atoms with van der Waals surface area (Å²) in [7, 11) is 0. The van der Waals surface area contributed by atoms with E-state index < -0.39 is 23.1 Å². The summed E-state index contributed by atoms with van der Waals surface area (Å²) in [6.07, 6.45) is 1.79. The van der Waals surface area contributed by atoms with Crippen LogP contribution in [0.15, 0.2) is 12.1 Å². The van der Waals surface area contributed by atoms with E-state index in [1.165, 1.54) is 19.3 Å². The van der Waals surface area contributed by atoms with Gasteiger partial charge in [0.1, 0.15) is 0 Å². The summed E-state index contributed by atoms with van der Waals surface area (Å²) in [4.78, 5) is 29.7. The second kappa shape index (κ2) is 8.93. The molecule has 0 bridgehead atoms. The minimum absolute atomic E-state index is 0.0111. The van der Waals surface area contributed by atoms with Crippen LogP contribution in [0, 0.1) is 11.3 Å². The number of rotatable bonds is 4. The van der Waals surface area contributed by atoms with Gasteiger partial charge in [-0.15, -0.1) is 0 Å². The van der Waals surface area contributed by atoms with Crippen LogP contribution < -0.4 is 0 Å². The molecule has 1 N–H and O–H groups in total. The van der Waals surface area contributed by atoms with Gasteiger partial charge in [-0.2, -0.15) is 13.2 Å². The number of carboxylic acids is 1. The van der Waals surface area contributed by atoms with Crippen molar-refractivity contribution in [2.24, 2.45) is 11.3 Å². The number of alkyl halides is 3. The van der Waals surface area contributed by atoms with E-state index in [4.69, 9.17) is 0 Å². The molecule has 1 saturated carbocycles. The second-order valence-electron chi connectivity index (χ2n) is 10.2. The molecule has 4 rings (SSSR count). The number of carbonyl (C=O) groups excluding carboxylic acids is 1. The summed E-state index contributed by atoms with van der Waals surface area (Å²) in [5.41, 5.74) is -1.09. The van der Waals surface area contributed by atoms with Crippen LogP contribution in [0.2, 0.25) is 0 Å². The van der Waals surface area contributed by atoms with Gasteiger partial charge in [0.25, 0.3) is 0 Å². The third-order valence-corrected chi connectivity index (χ3v) is 8.14. The minimum atomic E-state index is -4.64. The van der Waals surface area contributed by atoms with Crippen molar-refractivity contribution in [2.75, 3.05) is 19.6 Å². The first kappa shape index (κ1) is 24.0. The molecular formula is C25H33F3N2O3. The molecule has 0 spiro atoms. The molecule has 1 aromatic carbocycles. The lowest BCUT2D eigenvalue weighted by Crippen LogP contribution is -2.48. The average Bonchev–Trinajstić information content (AvgIpc) is 3.24. The van der Waals surface area contributed by atoms with Crippen molar-refractivity contribution in [2.45, 2.75) is 77.6 Å². The summed E-state index contributed by atoms with van der Waals surface area (Å²) in [5, 5.41) is 9.49. The Morgan fingerprint density at radius 1 is 1.12 bits per heavy atom. The number of piperidine rings is 1. The molecule has 1 saturated heterocycles. The Labute approximate surface area is 192 Å². The van der Waals surface area contributed by atoms with Crippen molar-refractivity contribution in [3.05, 3.63) is 34.4 Å². The van der Waals surface area contributed by atoms with Crippen LogP contribution in [0.4, 0.5) is 13.2 Å². The maximum Gasteiger partial charge on any atom is 0.416 e. The SMILES string of the molecule is CC(C)[C@]1(C(=O)N2CCc3c(cc(C(F)(F)F)cc3C(=O)O)C2)CC[C@@H](N2CCCCC2)C1. The summed E-state index contributed by atoms with van der Waals surface area (Å²) in [6.45, 7) is 6.64. The van der Waals surface area contributed by atoms with Gasteiger partial charge in [0.05, 0.1) is 16.5 Å². The van der Waals surface area contributed by atoms with E-state index in [-0.39, 0.29) is 30.4 Å². The first-order valence-electron chi connectivity index (χ1n) is 12.0. The lowest BCUT2D eigenvalue weighted by molar-refractivity contribution is -0.146. The Bertz CT molecular complexity index is 924. The topological polar surface area (TPSA) is 60.9 Å². The largest absolute Gasteiger partial charge is 0.478 e. The van der Waals surface area contributed by atoms with Crippen LogP contribution in [0.5, 0.6) is 0 Å². The Hall–Kier alpha value is -2.09. The Morgan fingerprint density at radius 3 is 2.42 bits per heavy atom. The van der Waals surface area contributed by atoms with E-state index in [9.17, 15) is 27.9 Å². The minimum Gasteiger partial charge on any atom is -0.478 e. The van der Waals surface area contributed by atoms with E-state index in [0.29, 0.717) is 29.8 Å². The average molecular weight is 467 g/mol. The molecule has 2 aliphatic heterocycles. The van der Waals surface area contributed by atoms with Crippen molar-refractivity contribution in [3.8, 4) is 0 Å². The maximum absolute atomic E-state index is 13.9. The van der Waals surface area contributed by atoms with Crippen molar-refractivity contribution >= 4 is 11.9 Å². The first-order chi connectivity index (χ1) is 15.5. The number of amides is 1. The quantitative estimate of drug-likeness (QED) is 0.681. The predicted molar refractivity (Wildman–Crippen MR) is 118 cm³/mol.